The number of nitrogen functional groups attached to an aromatic ring is 1. The van der Waals surface area contributed by atoms with E-state index in [4.69, 9.17) is 15.2 Å². The van der Waals surface area contributed by atoms with Crippen molar-refractivity contribution < 1.29 is 9.47 Å². The first-order valence-corrected chi connectivity index (χ1v) is 7.16. The van der Waals surface area contributed by atoms with Crippen molar-refractivity contribution in [3.63, 3.8) is 0 Å². The first kappa shape index (κ1) is 13.1. The second-order valence-electron chi connectivity index (χ2n) is 5.00. The Morgan fingerprint density at radius 2 is 1.95 bits per heavy atom. The van der Waals surface area contributed by atoms with Crippen molar-refractivity contribution in [3.05, 3.63) is 47.7 Å². The lowest BCUT2D eigenvalue weighted by Gasteiger charge is -1.97. The van der Waals surface area contributed by atoms with Gasteiger partial charge in [-0.05, 0) is 54.8 Å². The molecule has 0 amide bonds. The quantitative estimate of drug-likeness (QED) is 0.563. The molecule has 110 valence electrons. The number of benzene rings is 2. The van der Waals surface area contributed by atoms with Gasteiger partial charge in [0.15, 0.2) is 11.5 Å². The minimum Gasteiger partial charge on any atom is -0.454 e. The maximum Gasteiger partial charge on any atom is 0.231 e. The van der Waals surface area contributed by atoms with Gasteiger partial charge < -0.3 is 15.2 Å². The van der Waals surface area contributed by atoms with Crippen LogP contribution in [0.25, 0.3) is 23.1 Å². The van der Waals surface area contributed by atoms with Gasteiger partial charge in [-0.25, -0.2) is 4.09 Å². The number of nitrogens with two attached hydrogens (primary N) is 1. The van der Waals surface area contributed by atoms with Crippen molar-refractivity contribution in [3.8, 4) is 11.5 Å². The number of thiol groups is 1. The van der Waals surface area contributed by atoms with Crippen LogP contribution in [0.4, 0.5) is 5.69 Å². The van der Waals surface area contributed by atoms with Crippen LogP contribution in [0.3, 0.4) is 0 Å². The van der Waals surface area contributed by atoms with Gasteiger partial charge in [-0.15, -0.1) is 0 Å². The van der Waals surface area contributed by atoms with Crippen molar-refractivity contribution in [1.82, 2.24) is 9.19 Å². The molecule has 6 heteroatoms. The number of aromatic nitrogens is 2. The molecule has 0 aliphatic carbocycles. The highest BCUT2D eigenvalue weighted by atomic mass is 32.1. The molecule has 0 unspecified atom stereocenters. The molecule has 0 atom stereocenters. The highest BCUT2D eigenvalue weighted by Crippen LogP contribution is 2.33. The summed E-state index contributed by atoms with van der Waals surface area (Å²) in [5, 5.41) is 5.40. The molecule has 22 heavy (non-hydrogen) atoms. The molecule has 5 nitrogen and oxygen atoms in total. The summed E-state index contributed by atoms with van der Waals surface area (Å²) >= 11 is 4.33. The van der Waals surface area contributed by atoms with Crippen LogP contribution in [0.2, 0.25) is 0 Å². The number of hydrogen-bond acceptors (Lipinski definition) is 5. The number of nitrogens with zero attached hydrogens (tertiary/aromatic N) is 2. The van der Waals surface area contributed by atoms with E-state index in [9.17, 15) is 0 Å². The summed E-state index contributed by atoms with van der Waals surface area (Å²) in [5.41, 5.74) is 9.22. The molecule has 1 aliphatic heterocycles. The summed E-state index contributed by atoms with van der Waals surface area (Å²) < 4.78 is 12.2. The number of rotatable bonds is 2. The molecule has 4 rings (SSSR count). The molecule has 2 aromatic carbocycles. The lowest BCUT2D eigenvalue weighted by molar-refractivity contribution is 0.174. The Hall–Kier alpha value is -2.60. The van der Waals surface area contributed by atoms with Crippen LogP contribution in [-0.2, 0) is 0 Å². The molecule has 0 spiro atoms. The molecule has 0 saturated carbocycles. The Balaban J connectivity index is 1.71. The van der Waals surface area contributed by atoms with Crippen LogP contribution in [0.1, 0.15) is 11.3 Å². The highest BCUT2D eigenvalue weighted by molar-refractivity contribution is 7.78. The molecular formula is C16H13N3O2S. The van der Waals surface area contributed by atoms with Gasteiger partial charge in [0.05, 0.1) is 11.2 Å². The predicted molar refractivity (Wildman–Crippen MR) is 90.0 cm³/mol. The van der Waals surface area contributed by atoms with Crippen LogP contribution in [0.15, 0.2) is 36.4 Å². The summed E-state index contributed by atoms with van der Waals surface area (Å²) in [6.07, 6.45) is 3.93. The van der Waals surface area contributed by atoms with E-state index >= 15 is 0 Å². The fraction of sp³-hybridized carbons (Fsp3) is 0.0625. The van der Waals surface area contributed by atoms with Crippen molar-refractivity contribution in [2.75, 3.05) is 12.5 Å². The molecule has 3 aromatic rings. The molecule has 0 radical (unpaired) electrons. The molecule has 0 saturated heterocycles. The monoisotopic (exact) mass is 311 g/mol. The largest absolute Gasteiger partial charge is 0.454 e. The van der Waals surface area contributed by atoms with E-state index in [1.54, 1.807) is 0 Å². The summed E-state index contributed by atoms with van der Waals surface area (Å²) in [6, 6.07) is 11.5. The van der Waals surface area contributed by atoms with Crippen LogP contribution < -0.4 is 15.2 Å². The predicted octanol–water partition coefficient (Wildman–Crippen LogP) is 3.21. The minimum absolute atomic E-state index is 0.276. The normalized spacial score (nSPS) is 13.3. The van der Waals surface area contributed by atoms with Gasteiger partial charge in [0.1, 0.15) is 0 Å². The average molecular weight is 311 g/mol. The second-order valence-corrected chi connectivity index (χ2v) is 5.38. The zero-order valence-electron chi connectivity index (χ0n) is 11.6. The molecule has 2 N–H and O–H groups in total. The number of hydrogen-bond donors (Lipinski definition) is 2. The van der Waals surface area contributed by atoms with E-state index in [-0.39, 0.29) is 6.79 Å². The van der Waals surface area contributed by atoms with Crippen LogP contribution in [-0.4, -0.2) is 16.0 Å². The molecular weight excluding hydrogens is 298 g/mol. The Kier molecular flexibility index (Phi) is 2.97. The standard InChI is InChI=1S/C16H13N3O2S/c17-11-3-4-12-13(18-19(22)14(12)8-11)5-1-10-2-6-15-16(7-10)21-9-20-15/h1-8,22H,9,17H2. The Morgan fingerprint density at radius 1 is 1.09 bits per heavy atom. The van der Waals surface area contributed by atoms with Crippen molar-refractivity contribution in [2.45, 2.75) is 0 Å². The summed E-state index contributed by atoms with van der Waals surface area (Å²) in [5.74, 6) is 1.54. The number of anilines is 1. The summed E-state index contributed by atoms with van der Waals surface area (Å²) in [6.45, 7) is 0.276. The van der Waals surface area contributed by atoms with Gasteiger partial charge in [0.25, 0.3) is 0 Å². The maximum atomic E-state index is 5.80. The fourth-order valence-electron chi connectivity index (χ4n) is 2.46. The van der Waals surface area contributed by atoms with Crippen molar-refractivity contribution in [2.24, 2.45) is 0 Å². The maximum absolute atomic E-state index is 5.80. The van der Waals surface area contributed by atoms with Gasteiger partial charge in [-0.3, -0.25) is 0 Å². The molecule has 2 heterocycles. The lowest BCUT2D eigenvalue weighted by Crippen LogP contribution is -1.92. The summed E-state index contributed by atoms with van der Waals surface area (Å²) in [4.78, 5) is 0. The third-order valence-corrected chi connectivity index (χ3v) is 3.85. The van der Waals surface area contributed by atoms with Gasteiger partial charge in [-0.2, -0.15) is 5.10 Å². The number of fused-ring (bicyclic) bond motifs is 2. The van der Waals surface area contributed by atoms with Gasteiger partial charge in [0.2, 0.25) is 6.79 Å². The molecule has 0 fully saturated rings. The van der Waals surface area contributed by atoms with E-state index in [0.29, 0.717) is 5.69 Å². The Bertz CT molecular complexity index is 902. The molecule has 1 aliphatic rings. The van der Waals surface area contributed by atoms with Crippen LogP contribution >= 0.6 is 12.8 Å². The first-order chi connectivity index (χ1) is 10.7. The minimum atomic E-state index is 0.276. The number of ether oxygens (including phenoxy) is 2. The van der Waals surface area contributed by atoms with Gasteiger partial charge in [0, 0.05) is 11.1 Å². The molecule has 0 bridgehead atoms. The van der Waals surface area contributed by atoms with Gasteiger partial charge in [-0.1, -0.05) is 12.1 Å². The van der Waals surface area contributed by atoms with Crippen molar-refractivity contribution in [1.29, 1.82) is 0 Å². The fourth-order valence-corrected chi connectivity index (χ4v) is 2.72. The second kappa shape index (κ2) is 4.99. The smallest absolute Gasteiger partial charge is 0.231 e. The molecule has 1 aromatic heterocycles. The van der Waals surface area contributed by atoms with Crippen molar-refractivity contribution >= 4 is 41.6 Å². The zero-order valence-corrected chi connectivity index (χ0v) is 12.5. The lowest BCUT2D eigenvalue weighted by atomic mass is 10.1. The first-order valence-electron chi connectivity index (χ1n) is 6.76. The van der Waals surface area contributed by atoms with Gasteiger partial charge >= 0.3 is 0 Å². The average Bonchev–Trinajstić information content (AvgIpc) is 3.09. The van der Waals surface area contributed by atoms with Crippen LogP contribution in [0.5, 0.6) is 11.5 Å². The van der Waals surface area contributed by atoms with Crippen LogP contribution in [0, 0.1) is 0 Å². The third-order valence-electron chi connectivity index (χ3n) is 3.55. The SMILES string of the molecule is Nc1ccc2c(C=Cc3ccc4c(c3)OCO4)nn(S)c2c1. The van der Waals surface area contributed by atoms with E-state index in [1.807, 2.05) is 48.6 Å². The van der Waals surface area contributed by atoms with E-state index < -0.39 is 0 Å². The Labute approximate surface area is 132 Å². The summed E-state index contributed by atoms with van der Waals surface area (Å²) in [7, 11) is 0. The highest BCUT2D eigenvalue weighted by Gasteiger charge is 2.12. The van der Waals surface area contributed by atoms with E-state index in [0.717, 1.165) is 33.7 Å². The third kappa shape index (κ3) is 2.17. The Morgan fingerprint density at radius 3 is 2.86 bits per heavy atom. The topological polar surface area (TPSA) is 62.3 Å². The zero-order chi connectivity index (χ0) is 15.1. The van der Waals surface area contributed by atoms with E-state index in [1.165, 1.54) is 4.09 Å². The van der Waals surface area contributed by atoms with E-state index in [2.05, 4.69) is 17.9 Å².